The fraction of sp³-hybridized carbons (Fsp3) is 0.571. The molecule has 0 saturated heterocycles. The summed E-state index contributed by atoms with van der Waals surface area (Å²) in [5.74, 6) is 6.67. The summed E-state index contributed by atoms with van der Waals surface area (Å²) in [4.78, 5) is 1.45. The summed E-state index contributed by atoms with van der Waals surface area (Å²) in [6.07, 6.45) is 6.65. The lowest BCUT2D eigenvalue weighted by Gasteiger charge is -2.31. The van der Waals surface area contributed by atoms with Crippen molar-refractivity contribution < 1.29 is 0 Å². The number of hydrogen-bond donors (Lipinski definition) is 2. The number of nitrogens with one attached hydrogen (secondary N) is 1. The lowest BCUT2D eigenvalue weighted by Crippen LogP contribution is -2.44. The highest BCUT2D eigenvalue weighted by molar-refractivity contribution is 8.00. The van der Waals surface area contributed by atoms with Crippen molar-refractivity contribution in [3.63, 3.8) is 0 Å². The van der Waals surface area contributed by atoms with Crippen LogP contribution in [-0.4, -0.2) is 11.3 Å². The maximum atomic E-state index is 5.75. The summed E-state index contributed by atoms with van der Waals surface area (Å²) < 4.78 is 0. The Morgan fingerprint density at radius 2 is 2.18 bits per heavy atom. The number of hydrogen-bond acceptors (Lipinski definition) is 3. The van der Waals surface area contributed by atoms with Gasteiger partial charge in [-0.25, -0.2) is 0 Å². The van der Waals surface area contributed by atoms with E-state index in [0.717, 1.165) is 5.92 Å². The predicted octanol–water partition coefficient (Wildman–Crippen LogP) is 2.73. The van der Waals surface area contributed by atoms with Crippen LogP contribution in [0.25, 0.3) is 0 Å². The Balaban J connectivity index is 1.65. The number of hydrazine groups is 1. The zero-order valence-electron chi connectivity index (χ0n) is 10.1. The second-order valence-corrected chi connectivity index (χ2v) is 6.55. The predicted molar refractivity (Wildman–Crippen MR) is 72.9 cm³/mol. The Labute approximate surface area is 107 Å². The maximum Gasteiger partial charge on any atom is 0.0338 e. The number of rotatable bonds is 4. The Morgan fingerprint density at radius 3 is 2.82 bits per heavy atom. The third-order valence-corrected chi connectivity index (χ3v) is 5.60. The zero-order chi connectivity index (χ0) is 11.7. The van der Waals surface area contributed by atoms with E-state index in [1.807, 2.05) is 11.8 Å². The molecule has 1 aliphatic heterocycles. The van der Waals surface area contributed by atoms with Gasteiger partial charge in [0.1, 0.15) is 0 Å². The van der Waals surface area contributed by atoms with Crippen LogP contribution >= 0.6 is 11.8 Å². The van der Waals surface area contributed by atoms with E-state index in [1.54, 1.807) is 0 Å². The van der Waals surface area contributed by atoms with Crippen LogP contribution in [0.5, 0.6) is 0 Å². The van der Waals surface area contributed by atoms with Gasteiger partial charge < -0.3 is 0 Å². The Morgan fingerprint density at radius 1 is 1.35 bits per heavy atom. The summed E-state index contributed by atoms with van der Waals surface area (Å²) >= 11 is 2.00. The fourth-order valence-corrected chi connectivity index (χ4v) is 4.25. The maximum absolute atomic E-state index is 5.75. The van der Waals surface area contributed by atoms with Gasteiger partial charge in [0.05, 0.1) is 0 Å². The van der Waals surface area contributed by atoms with Gasteiger partial charge in [-0.3, -0.25) is 11.3 Å². The van der Waals surface area contributed by atoms with Crippen LogP contribution in [0.15, 0.2) is 29.2 Å². The molecule has 2 unspecified atom stereocenters. The van der Waals surface area contributed by atoms with Crippen molar-refractivity contribution in [3.8, 4) is 0 Å². The van der Waals surface area contributed by atoms with Crippen molar-refractivity contribution in [1.29, 1.82) is 0 Å². The van der Waals surface area contributed by atoms with Gasteiger partial charge in [-0.2, -0.15) is 0 Å². The van der Waals surface area contributed by atoms with Gasteiger partial charge >= 0.3 is 0 Å². The average Bonchev–Trinajstić information content (AvgIpc) is 2.71. The third kappa shape index (κ3) is 2.37. The van der Waals surface area contributed by atoms with Gasteiger partial charge in [-0.05, 0) is 30.4 Å². The third-order valence-electron chi connectivity index (χ3n) is 4.15. The van der Waals surface area contributed by atoms with Crippen molar-refractivity contribution in [1.82, 2.24) is 5.43 Å². The molecule has 1 aliphatic carbocycles. The molecule has 1 fully saturated rings. The molecular formula is C14H20N2S. The van der Waals surface area contributed by atoms with E-state index in [9.17, 15) is 0 Å². The first kappa shape index (κ1) is 11.6. The van der Waals surface area contributed by atoms with E-state index < -0.39 is 0 Å². The monoisotopic (exact) mass is 248 g/mol. The molecule has 1 aromatic rings. The van der Waals surface area contributed by atoms with Crippen molar-refractivity contribution in [3.05, 3.63) is 29.8 Å². The molecule has 0 spiro atoms. The van der Waals surface area contributed by atoms with Crippen molar-refractivity contribution in [2.45, 2.75) is 48.3 Å². The summed E-state index contributed by atoms with van der Waals surface area (Å²) in [6.45, 7) is 0. The lowest BCUT2D eigenvalue weighted by atomic mass is 9.80. The van der Waals surface area contributed by atoms with Crippen LogP contribution in [0.2, 0.25) is 0 Å². The largest absolute Gasteiger partial charge is 0.271 e. The van der Waals surface area contributed by atoms with Gasteiger partial charge in [0.15, 0.2) is 0 Å². The van der Waals surface area contributed by atoms with Crippen LogP contribution in [-0.2, 0) is 6.42 Å². The second kappa shape index (κ2) is 5.01. The van der Waals surface area contributed by atoms with Gasteiger partial charge in [0.2, 0.25) is 0 Å². The smallest absolute Gasteiger partial charge is 0.0338 e. The van der Waals surface area contributed by atoms with Crippen LogP contribution in [0.4, 0.5) is 0 Å². The Hall–Kier alpha value is -0.510. The Bertz CT molecular complexity index is 365. The van der Waals surface area contributed by atoms with E-state index in [4.69, 9.17) is 5.84 Å². The summed E-state index contributed by atoms with van der Waals surface area (Å²) in [5, 5.41) is 0.623. The van der Waals surface area contributed by atoms with Gasteiger partial charge in [0.25, 0.3) is 0 Å². The van der Waals surface area contributed by atoms with Crippen molar-refractivity contribution in [2.24, 2.45) is 11.8 Å². The fourth-order valence-electron chi connectivity index (χ4n) is 2.85. The second-order valence-electron chi connectivity index (χ2n) is 5.27. The number of benzene rings is 1. The minimum Gasteiger partial charge on any atom is -0.271 e. The average molecular weight is 248 g/mol. The molecule has 3 N–H and O–H groups in total. The summed E-state index contributed by atoms with van der Waals surface area (Å²) in [5.41, 5.74) is 4.55. The number of fused-ring (bicyclic) bond motifs is 1. The van der Waals surface area contributed by atoms with Crippen LogP contribution < -0.4 is 11.3 Å². The topological polar surface area (TPSA) is 38.0 Å². The van der Waals surface area contributed by atoms with Crippen LogP contribution in [0.3, 0.4) is 0 Å². The van der Waals surface area contributed by atoms with E-state index in [0.29, 0.717) is 11.3 Å². The highest BCUT2D eigenvalue weighted by Crippen LogP contribution is 2.41. The molecule has 0 aromatic heterocycles. The first-order valence-electron chi connectivity index (χ1n) is 6.57. The minimum atomic E-state index is 0.470. The SMILES string of the molecule is NNC(CC1CCC1)C1Cc2ccccc2S1. The molecule has 2 atom stereocenters. The number of thioether (sulfide) groups is 1. The van der Waals surface area contributed by atoms with Crippen molar-refractivity contribution >= 4 is 11.8 Å². The van der Waals surface area contributed by atoms with Gasteiger partial charge in [-0.15, -0.1) is 11.8 Å². The van der Waals surface area contributed by atoms with E-state index in [1.165, 1.54) is 42.6 Å². The molecule has 2 nitrogen and oxygen atoms in total. The number of nitrogens with two attached hydrogens (primary N) is 1. The van der Waals surface area contributed by atoms with E-state index >= 15 is 0 Å². The molecule has 2 aliphatic rings. The molecule has 1 heterocycles. The molecular weight excluding hydrogens is 228 g/mol. The Kier molecular flexibility index (Phi) is 3.41. The molecule has 1 aromatic carbocycles. The first-order chi connectivity index (χ1) is 8.36. The first-order valence-corrected chi connectivity index (χ1v) is 7.45. The van der Waals surface area contributed by atoms with Gasteiger partial charge in [-0.1, -0.05) is 37.5 Å². The summed E-state index contributed by atoms with van der Waals surface area (Å²) in [7, 11) is 0. The molecule has 0 amide bonds. The zero-order valence-corrected chi connectivity index (χ0v) is 10.9. The molecule has 17 heavy (non-hydrogen) atoms. The highest BCUT2D eigenvalue weighted by Gasteiger charge is 2.31. The molecule has 3 heteroatoms. The lowest BCUT2D eigenvalue weighted by molar-refractivity contribution is 0.258. The molecule has 0 radical (unpaired) electrons. The highest BCUT2D eigenvalue weighted by atomic mass is 32.2. The molecule has 1 saturated carbocycles. The van der Waals surface area contributed by atoms with Crippen molar-refractivity contribution in [2.75, 3.05) is 0 Å². The quantitative estimate of drug-likeness (QED) is 0.635. The van der Waals surface area contributed by atoms with E-state index in [2.05, 4.69) is 29.7 Å². The molecule has 3 rings (SSSR count). The van der Waals surface area contributed by atoms with E-state index in [-0.39, 0.29) is 0 Å². The standard InChI is InChI=1S/C14H20N2S/c15-16-12(8-10-4-3-5-10)14-9-11-6-1-2-7-13(11)17-14/h1-2,6-7,10,12,14,16H,3-5,8-9,15H2. The minimum absolute atomic E-state index is 0.470. The van der Waals surface area contributed by atoms with Gasteiger partial charge in [0, 0.05) is 16.2 Å². The summed E-state index contributed by atoms with van der Waals surface area (Å²) in [6, 6.07) is 9.22. The molecule has 0 bridgehead atoms. The molecule has 92 valence electrons. The van der Waals surface area contributed by atoms with Crippen LogP contribution in [0, 0.1) is 5.92 Å². The normalized spacial score (nSPS) is 25.4. The van der Waals surface area contributed by atoms with Crippen LogP contribution in [0.1, 0.15) is 31.2 Å².